The minimum Gasteiger partial charge on any atom is -0.489 e. The van der Waals surface area contributed by atoms with E-state index in [1.165, 1.54) is 36.0 Å². The first-order valence-corrected chi connectivity index (χ1v) is 10.9. The molecule has 3 rings (SSSR count). The number of thioether (sulfide) groups is 1. The first kappa shape index (κ1) is 22.4. The van der Waals surface area contributed by atoms with E-state index in [1.54, 1.807) is 0 Å². The van der Waals surface area contributed by atoms with Crippen molar-refractivity contribution < 1.29 is 18.7 Å². The SMILES string of the molecule is O=C(CSCC(=O)Nc1ccc(F)cc1)NCc1cccc(OCc2ccccc2)c1. The third-order valence-corrected chi connectivity index (χ3v) is 5.16. The molecular formula is C24H23FN2O3S. The van der Waals surface area contributed by atoms with E-state index in [1.807, 2.05) is 54.6 Å². The maximum Gasteiger partial charge on any atom is 0.234 e. The molecule has 0 aromatic heterocycles. The first-order chi connectivity index (χ1) is 15.1. The van der Waals surface area contributed by atoms with Gasteiger partial charge >= 0.3 is 0 Å². The van der Waals surface area contributed by atoms with E-state index in [2.05, 4.69) is 10.6 Å². The van der Waals surface area contributed by atoms with Crippen molar-refractivity contribution in [1.29, 1.82) is 0 Å². The fraction of sp³-hybridized carbons (Fsp3) is 0.167. The number of nitrogens with one attached hydrogen (secondary N) is 2. The number of rotatable bonds is 10. The highest BCUT2D eigenvalue weighted by Gasteiger charge is 2.07. The summed E-state index contributed by atoms with van der Waals surface area (Å²) in [4.78, 5) is 23.9. The van der Waals surface area contributed by atoms with Gasteiger partial charge in [-0.25, -0.2) is 4.39 Å². The fourth-order valence-electron chi connectivity index (χ4n) is 2.70. The van der Waals surface area contributed by atoms with Crippen LogP contribution in [0.25, 0.3) is 0 Å². The van der Waals surface area contributed by atoms with Gasteiger partial charge in [0.1, 0.15) is 18.2 Å². The molecule has 31 heavy (non-hydrogen) atoms. The number of hydrogen-bond donors (Lipinski definition) is 2. The summed E-state index contributed by atoms with van der Waals surface area (Å²) in [5.41, 5.74) is 2.53. The number of amides is 2. The van der Waals surface area contributed by atoms with Crippen LogP contribution in [-0.2, 0) is 22.7 Å². The Kier molecular flexibility index (Phi) is 8.48. The summed E-state index contributed by atoms with van der Waals surface area (Å²) in [6.45, 7) is 0.858. The van der Waals surface area contributed by atoms with Crippen molar-refractivity contribution in [1.82, 2.24) is 5.32 Å². The second-order valence-electron chi connectivity index (χ2n) is 6.75. The van der Waals surface area contributed by atoms with Gasteiger partial charge in [-0.05, 0) is 47.5 Å². The van der Waals surface area contributed by atoms with Crippen molar-refractivity contribution in [3.05, 3.63) is 95.8 Å². The third-order valence-electron chi connectivity index (χ3n) is 4.23. The molecule has 0 unspecified atom stereocenters. The summed E-state index contributed by atoms with van der Waals surface area (Å²) >= 11 is 1.21. The van der Waals surface area contributed by atoms with Gasteiger partial charge in [-0.15, -0.1) is 11.8 Å². The monoisotopic (exact) mass is 438 g/mol. The van der Waals surface area contributed by atoms with Crippen LogP contribution >= 0.6 is 11.8 Å². The minimum atomic E-state index is -0.364. The van der Waals surface area contributed by atoms with Crippen molar-refractivity contribution in [2.45, 2.75) is 13.2 Å². The minimum absolute atomic E-state index is 0.133. The lowest BCUT2D eigenvalue weighted by Crippen LogP contribution is -2.25. The van der Waals surface area contributed by atoms with Crippen LogP contribution in [0.2, 0.25) is 0 Å². The summed E-state index contributed by atoms with van der Waals surface area (Å²) in [7, 11) is 0. The Morgan fingerprint density at radius 2 is 1.55 bits per heavy atom. The standard InChI is InChI=1S/C24H23FN2O3S/c25-20-9-11-21(12-10-20)27-24(29)17-31-16-23(28)26-14-19-7-4-8-22(13-19)30-15-18-5-2-1-3-6-18/h1-13H,14-17H2,(H,26,28)(H,27,29). The molecule has 0 fully saturated rings. The number of benzene rings is 3. The van der Waals surface area contributed by atoms with E-state index in [0.29, 0.717) is 18.8 Å². The van der Waals surface area contributed by atoms with Gasteiger partial charge in [-0.1, -0.05) is 42.5 Å². The highest BCUT2D eigenvalue weighted by atomic mass is 32.2. The molecular weight excluding hydrogens is 415 g/mol. The molecule has 3 aromatic rings. The Balaban J connectivity index is 1.35. The number of anilines is 1. The van der Waals surface area contributed by atoms with Crippen LogP contribution in [0.4, 0.5) is 10.1 Å². The first-order valence-electron chi connectivity index (χ1n) is 9.74. The van der Waals surface area contributed by atoms with E-state index >= 15 is 0 Å². The van der Waals surface area contributed by atoms with Crippen molar-refractivity contribution >= 4 is 29.3 Å². The number of hydrogen-bond acceptors (Lipinski definition) is 4. The lowest BCUT2D eigenvalue weighted by Gasteiger charge is -2.09. The van der Waals surface area contributed by atoms with Gasteiger partial charge in [-0.2, -0.15) is 0 Å². The topological polar surface area (TPSA) is 67.4 Å². The van der Waals surface area contributed by atoms with Crippen LogP contribution in [0.15, 0.2) is 78.9 Å². The molecule has 0 spiro atoms. The molecule has 160 valence electrons. The van der Waals surface area contributed by atoms with Crippen molar-refractivity contribution in [2.75, 3.05) is 16.8 Å². The van der Waals surface area contributed by atoms with Gasteiger partial charge in [0.25, 0.3) is 0 Å². The third kappa shape index (κ3) is 8.14. The second kappa shape index (κ2) is 11.8. The molecule has 0 radical (unpaired) electrons. The zero-order valence-electron chi connectivity index (χ0n) is 16.8. The van der Waals surface area contributed by atoms with Gasteiger partial charge in [-0.3, -0.25) is 9.59 Å². The molecule has 0 heterocycles. The van der Waals surface area contributed by atoms with Crippen molar-refractivity contribution in [3.8, 4) is 5.75 Å². The molecule has 0 atom stereocenters. The Morgan fingerprint density at radius 3 is 2.32 bits per heavy atom. The maximum atomic E-state index is 12.9. The summed E-state index contributed by atoms with van der Waals surface area (Å²) < 4.78 is 18.7. The Morgan fingerprint density at radius 1 is 0.839 bits per heavy atom. The summed E-state index contributed by atoms with van der Waals surface area (Å²) in [5, 5.41) is 5.50. The average Bonchev–Trinajstić information content (AvgIpc) is 2.79. The van der Waals surface area contributed by atoms with Gasteiger partial charge in [0.2, 0.25) is 11.8 Å². The number of carbonyl (C=O) groups is 2. The van der Waals surface area contributed by atoms with Gasteiger partial charge < -0.3 is 15.4 Å². The maximum absolute atomic E-state index is 12.9. The highest BCUT2D eigenvalue weighted by Crippen LogP contribution is 2.15. The number of ether oxygens (including phenoxy) is 1. The van der Waals surface area contributed by atoms with Gasteiger partial charge in [0, 0.05) is 12.2 Å². The molecule has 3 aromatic carbocycles. The lowest BCUT2D eigenvalue weighted by molar-refractivity contribution is -0.118. The Hall–Kier alpha value is -3.32. The van der Waals surface area contributed by atoms with Gasteiger partial charge in [0.15, 0.2) is 0 Å². The smallest absolute Gasteiger partial charge is 0.234 e. The predicted molar refractivity (Wildman–Crippen MR) is 121 cm³/mol. The average molecular weight is 439 g/mol. The van der Waals surface area contributed by atoms with Crippen molar-refractivity contribution in [3.63, 3.8) is 0 Å². The molecule has 2 amide bonds. The van der Waals surface area contributed by atoms with Crippen LogP contribution in [0.5, 0.6) is 5.75 Å². The molecule has 0 aliphatic rings. The Bertz CT molecular complexity index is 997. The highest BCUT2D eigenvalue weighted by molar-refractivity contribution is 8.00. The van der Waals surface area contributed by atoms with Crippen LogP contribution in [0, 0.1) is 5.82 Å². The number of halogens is 1. The largest absolute Gasteiger partial charge is 0.489 e. The second-order valence-corrected chi connectivity index (χ2v) is 7.73. The summed E-state index contributed by atoms with van der Waals surface area (Å²) in [5.74, 6) is 0.275. The zero-order chi connectivity index (χ0) is 21.9. The van der Waals surface area contributed by atoms with Crippen molar-refractivity contribution in [2.24, 2.45) is 0 Å². The van der Waals surface area contributed by atoms with E-state index in [0.717, 1.165) is 16.9 Å². The molecule has 0 bridgehead atoms. The molecule has 0 aliphatic heterocycles. The van der Waals surface area contributed by atoms with Gasteiger partial charge in [0.05, 0.1) is 11.5 Å². The number of carbonyl (C=O) groups excluding carboxylic acids is 2. The van der Waals surface area contributed by atoms with Crippen LogP contribution in [-0.4, -0.2) is 23.3 Å². The molecule has 0 aliphatic carbocycles. The Labute approximate surface area is 185 Å². The van der Waals surface area contributed by atoms with E-state index in [4.69, 9.17) is 4.74 Å². The quantitative estimate of drug-likeness (QED) is 0.493. The van der Waals surface area contributed by atoms with E-state index in [-0.39, 0.29) is 29.1 Å². The van der Waals surface area contributed by atoms with Crippen LogP contribution < -0.4 is 15.4 Å². The molecule has 2 N–H and O–H groups in total. The molecule has 7 heteroatoms. The van der Waals surface area contributed by atoms with E-state index < -0.39 is 0 Å². The predicted octanol–water partition coefficient (Wildman–Crippen LogP) is 4.39. The summed E-state index contributed by atoms with van der Waals surface area (Å²) in [6, 6.07) is 23.0. The zero-order valence-corrected chi connectivity index (χ0v) is 17.7. The lowest BCUT2D eigenvalue weighted by atomic mass is 10.2. The molecule has 0 saturated heterocycles. The summed E-state index contributed by atoms with van der Waals surface area (Å²) in [6.07, 6.45) is 0. The fourth-order valence-corrected chi connectivity index (χ4v) is 3.35. The molecule has 5 nitrogen and oxygen atoms in total. The van der Waals surface area contributed by atoms with Crippen LogP contribution in [0.1, 0.15) is 11.1 Å². The normalized spacial score (nSPS) is 10.4. The molecule has 0 saturated carbocycles. The van der Waals surface area contributed by atoms with E-state index in [9.17, 15) is 14.0 Å². The van der Waals surface area contributed by atoms with Crippen LogP contribution in [0.3, 0.4) is 0 Å².